The number of aromatic nitrogens is 6. The molecule has 0 radical (unpaired) electrons. The van der Waals surface area contributed by atoms with E-state index in [1.807, 2.05) is 6.07 Å². The predicted molar refractivity (Wildman–Crippen MR) is 219 cm³/mol. The lowest BCUT2D eigenvalue weighted by Gasteiger charge is -2.35. The summed E-state index contributed by atoms with van der Waals surface area (Å²) in [5.41, 5.74) is -3.92. The summed E-state index contributed by atoms with van der Waals surface area (Å²) in [7, 11) is -9.50. The first-order chi connectivity index (χ1) is 31.3. The molecule has 2 unspecified atom stereocenters. The average Bonchev–Trinajstić information content (AvgIpc) is 3.97. The number of phosphoric acid groups is 2. The zero-order valence-corrected chi connectivity index (χ0v) is 37.5. The Labute approximate surface area is 371 Å². The van der Waals surface area contributed by atoms with Crippen LogP contribution in [0.15, 0.2) is 47.4 Å². The zero-order valence-electron chi connectivity index (χ0n) is 35.8. The Morgan fingerprint density at radius 2 is 1.33 bits per heavy atom. The molecule has 0 saturated carbocycles. The van der Waals surface area contributed by atoms with Crippen molar-refractivity contribution in [1.82, 2.24) is 28.7 Å². The molecule has 66 heavy (non-hydrogen) atoms. The van der Waals surface area contributed by atoms with Crippen molar-refractivity contribution in [2.45, 2.75) is 121 Å². The standard InChI is InChI=1S/C37H47N7O20P2/c1-18-13-42(35(50)39-32(18)47)28-10-23(58-21(4)46)27(60-28)17-57-65(53,55-8-5-7-38)64-25-12-30(44-15-20(3)34(49)41-37(44)52)61-31(25)22-6-9-56-66(54,62-22)63-24-11-29(59-26(24)16-45)43-14-19(2)33(48)40-36(43)51/h13-15,22-31,45H,5-6,8-12,16-17H2,1-4H3,(H,39,47,50)(H,40,48,51)(H,41,49,52)/t22?,23-,24-,25-,26+,27+,28+,29+,30+,31-,65?,66-/m0/s1. The van der Waals surface area contributed by atoms with Crippen molar-refractivity contribution in [2.24, 2.45) is 0 Å². The molecule has 0 aliphatic carbocycles. The molecule has 4 aliphatic rings. The normalized spacial score (nSPS) is 30.8. The van der Waals surface area contributed by atoms with Crippen LogP contribution in [0.25, 0.3) is 0 Å². The number of nitrogens with zero attached hydrogens (tertiary/aromatic N) is 4. The second-order valence-corrected chi connectivity index (χ2v) is 19.0. The molecule has 4 fully saturated rings. The summed E-state index contributed by atoms with van der Waals surface area (Å²) < 4.78 is 90.5. The number of carbonyl (C=O) groups is 1. The van der Waals surface area contributed by atoms with Crippen LogP contribution in [0.1, 0.15) is 74.4 Å². The number of ether oxygens (including phenoxy) is 4. The van der Waals surface area contributed by atoms with Gasteiger partial charge in [0.2, 0.25) is 0 Å². The van der Waals surface area contributed by atoms with Gasteiger partial charge in [-0.1, -0.05) is 0 Å². The second-order valence-electron chi connectivity index (χ2n) is 15.8. The molecule has 7 heterocycles. The van der Waals surface area contributed by atoms with Gasteiger partial charge < -0.3 is 24.1 Å². The number of aromatic amines is 3. The van der Waals surface area contributed by atoms with Gasteiger partial charge in [0.15, 0.2) is 0 Å². The third-order valence-corrected chi connectivity index (χ3v) is 14.1. The van der Waals surface area contributed by atoms with E-state index in [9.17, 15) is 53.1 Å². The second kappa shape index (κ2) is 20.1. The Bertz CT molecular complexity index is 2810. The summed E-state index contributed by atoms with van der Waals surface area (Å²) in [6.45, 7) is 3.43. The number of esters is 1. The van der Waals surface area contributed by atoms with Crippen molar-refractivity contribution in [1.29, 1.82) is 5.26 Å². The lowest BCUT2D eigenvalue weighted by atomic mass is 10.1. The Kier molecular flexibility index (Phi) is 14.9. The third kappa shape index (κ3) is 10.9. The molecular formula is C37H47N7O20P2. The molecule has 27 nitrogen and oxygen atoms in total. The number of aliphatic hydroxyl groups excluding tert-OH is 1. The van der Waals surface area contributed by atoms with Crippen LogP contribution in [-0.4, -0.2) is 109 Å². The fraction of sp³-hybridized carbons (Fsp3) is 0.622. The van der Waals surface area contributed by atoms with Crippen LogP contribution in [-0.2, 0) is 60.0 Å². The molecule has 0 bridgehead atoms. The maximum absolute atomic E-state index is 14.7. The van der Waals surface area contributed by atoms with Crippen molar-refractivity contribution >= 4 is 21.6 Å². The topological polar surface area (TPSA) is 352 Å². The summed E-state index contributed by atoms with van der Waals surface area (Å²) >= 11 is 0. The first-order valence-corrected chi connectivity index (χ1v) is 23.5. The van der Waals surface area contributed by atoms with Crippen LogP contribution in [0.2, 0.25) is 0 Å². The van der Waals surface area contributed by atoms with E-state index in [1.165, 1.54) is 39.4 Å². The van der Waals surface area contributed by atoms with Gasteiger partial charge in [0, 0.05) is 67.9 Å². The number of phosphoric ester groups is 2. The Hall–Kier alpha value is -4.94. The largest absolute Gasteiger partial charge is 0.475 e. The number of nitriles is 1. The molecule has 0 amide bonds. The Balaban J connectivity index is 1.14. The van der Waals surface area contributed by atoms with Crippen molar-refractivity contribution in [2.75, 3.05) is 26.4 Å². The Morgan fingerprint density at radius 3 is 1.86 bits per heavy atom. The van der Waals surface area contributed by atoms with Crippen LogP contribution in [0.3, 0.4) is 0 Å². The molecule has 12 atom stereocenters. The minimum absolute atomic E-state index is 0.0607. The number of hydrogen-bond donors (Lipinski definition) is 4. The van der Waals surface area contributed by atoms with Gasteiger partial charge in [0.1, 0.15) is 61.4 Å². The van der Waals surface area contributed by atoms with E-state index >= 15 is 0 Å². The van der Waals surface area contributed by atoms with Crippen molar-refractivity contribution in [3.8, 4) is 6.07 Å². The van der Waals surface area contributed by atoms with Crippen LogP contribution in [0.4, 0.5) is 0 Å². The summed E-state index contributed by atoms with van der Waals surface area (Å²) in [5, 5.41) is 19.4. The van der Waals surface area contributed by atoms with Crippen LogP contribution in [0.5, 0.6) is 0 Å². The zero-order chi connectivity index (χ0) is 47.7. The van der Waals surface area contributed by atoms with Crippen molar-refractivity contribution < 1.29 is 65.1 Å². The maximum Gasteiger partial charge on any atom is 0.475 e. The molecule has 3 aromatic heterocycles. The number of rotatable bonds is 16. The van der Waals surface area contributed by atoms with Gasteiger partial charge in [-0.3, -0.25) is 75.0 Å². The van der Waals surface area contributed by atoms with E-state index < -0.39 is 137 Å². The van der Waals surface area contributed by atoms with E-state index in [0.717, 1.165) is 20.6 Å². The van der Waals surface area contributed by atoms with E-state index in [2.05, 4.69) is 15.0 Å². The van der Waals surface area contributed by atoms with Crippen LogP contribution >= 0.6 is 15.6 Å². The quantitative estimate of drug-likeness (QED) is 0.0839. The van der Waals surface area contributed by atoms with Crippen molar-refractivity contribution in [3.05, 3.63) is 97.8 Å². The first-order valence-electron chi connectivity index (χ1n) is 20.6. The molecule has 4 N–H and O–H groups in total. The lowest BCUT2D eigenvalue weighted by Crippen LogP contribution is -2.41. The highest BCUT2D eigenvalue weighted by Crippen LogP contribution is 2.59. The molecule has 7 rings (SSSR count). The van der Waals surface area contributed by atoms with Crippen molar-refractivity contribution in [3.63, 3.8) is 0 Å². The molecule has 0 spiro atoms. The third-order valence-electron chi connectivity index (χ3n) is 11.0. The fourth-order valence-electron chi connectivity index (χ4n) is 7.78. The van der Waals surface area contributed by atoms with E-state index in [-0.39, 0.29) is 55.4 Å². The van der Waals surface area contributed by atoms with Gasteiger partial charge in [-0.2, -0.15) is 5.26 Å². The molecule has 4 saturated heterocycles. The monoisotopic (exact) mass is 971 g/mol. The highest BCUT2D eigenvalue weighted by atomic mass is 31.2. The highest BCUT2D eigenvalue weighted by Gasteiger charge is 2.52. The van der Waals surface area contributed by atoms with E-state index in [4.69, 9.17) is 46.1 Å². The maximum atomic E-state index is 14.7. The van der Waals surface area contributed by atoms with E-state index in [0.29, 0.717) is 0 Å². The first kappa shape index (κ1) is 49.0. The molecule has 4 aliphatic heterocycles. The lowest BCUT2D eigenvalue weighted by molar-refractivity contribution is -0.150. The summed E-state index contributed by atoms with van der Waals surface area (Å²) in [6, 6.07) is 1.84. The van der Waals surface area contributed by atoms with Gasteiger partial charge in [0.05, 0.1) is 38.9 Å². The number of aryl methyl sites for hydroxylation is 3. The highest BCUT2D eigenvalue weighted by molar-refractivity contribution is 7.48. The minimum Gasteiger partial charge on any atom is -0.460 e. The smallest absolute Gasteiger partial charge is 0.460 e. The molecule has 0 aromatic carbocycles. The number of carbonyl (C=O) groups excluding carboxylic acids is 1. The molecule has 3 aromatic rings. The summed E-state index contributed by atoms with van der Waals surface area (Å²) in [4.78, 5) is 93.4. The molecule has 360 valence electrons. The SMILES string of the molecule is CC(=O)O[C@H]1C[C@H](n2cc(C)c(=O)[nH]c2=O)O[C@@H]1COP(=O)(OCCC#N)O[C@H]1C[C@H](n2cc(C)c(=O)[nH]c2=O)O[C@H]1C1CCO[P@](=O)(O[C@H]2C[C@H](n3cc(C)c(=O)[nH]c3=O)O[C@@H]2CO)O1. The Morgan fingerprint density at radius 1 is 0.818 bits per heavy atom. The number of hydrogen-bond acceptors (Lipinski definition) is 21. The number of nitrogens with one attached hydrogen (secondary N) is 3. The van der Waals surface area contributed by atoms with Gasteiger partial charge in [-0.25, -0.2) is 23.5 Å². The van der Waals surface area contributed by atoms with Gasteiger partial charge in [0.25, 0.3) is 16.7 Å². The van der Waals surface area contributed by atoms with Gasteiger partial charge in [-0.05, 0) is 20.8 Å². The van der Waals surface area contributed by atoms with Gasteiger partial charge in [-0.15, -0.1) is 0 Å². The minimum atomic E-state index is -4.87. The fourth-order valence-corrected chi connectivity index (χ4v) is 10.8. The van der Waals surface area contributed by atoms with Gasteiger partial charge >= 0.3 is 38.7 Å². The predicted octanol–water partition coefficient (Wildman–Crippen LogP) is 0.0877. The summed E-state index contributed by atoms with van der Waals surface area (Å²) in [6.07, 6.45) is -9.32. The number of H-pyrrole nitrogens is 3. The van der Waals surface area contributed by atoms with Crippen LogP contribution < -0.4 is 33.7 Å². The van der Waals surface area contributed by atoms with Crippen LogP contribution in [0, 0.1) is 32.1 Å². The average molecular weight is 972 g/mol. The summed E-state index contributed by atoms with van der Waals surface area (Å²) in [5.74, 6) is -0.724. The molecule has 29 heteroatoms. The number of aliphatic hydroxyl groups is 1. The molecular weight excluding hydrogens is 924 g/mol. The van der Waals surface area contributed by atoms with E-state index in [1.54, 1.807) is 0 Å².